The van der Waals surface area contributed by atoms with Crippen LogP contribution in [0.25, 0.3) is 0 Å². The van der Waals surface area contributed by atoms with Gasteiger partial charge in [0.15, 0.2) is 0 Å². The van der Waals surface area contributed by atoms with E-state index in [9.17, 15) is 0 Å². The largest absolute Gasteiger partial charge is 0.324 e. The van der Waals surface area contributed by atoms with E-state index < -0.39 is 0 Å². The second-order valence-corrected chi connectivity index (χ2v) is 4.69. The summed E-state index contributed by atoms with van der Waals surface area (Å²) in [5.74, 6) is 0. The summed E-state index contributed by atoms with van der Waals surface area (Å²) in [5.41, 5.74) is 7.46. The van der Waals surface area contributed by atoms with E-state index in [-0.39, 0.29) is 6.04 Å². The smallest absolute Gasteiger partial charge is 0.0307 e. The molecule has 1 aromatic carbocycles. The molecule has 0 aromatic heterocycles. The lowest BCUT2D eigenvalue weighted by molar-refractivity contribution is 0.207. The Morgan fingerprint density at radius 2 is 1.82 bits per heavy atom. The number of rotatable bonds is 7. The third kappa shape index (κ3) is 4.49. The highest BCUT2D eigenvalue weighted by molar-refractivity contribution is 5.18. The molecule has 0 saturated heterocycles. The Morgan fingerprint density at radius 1 is 1.18 bits per heavy atom. The van der Waals surface area contributed by atoms with Crippen molar-refractivity contribution < 1.29 is 0 Å². The van der Waals surface area contributed by atoms with E-state index in [4.69, 9.17) is 5.73 Å². The van der Waals surface area contributed by atoms with Crippen LogP contribution in [0.2, 0.25) is 0 Å². The third-order valence-corrected chi connectivity index (χ3v) is 3.58. The zero-order chi connectivity index (χ0) is 12.7. The average Bonchev–Trinajstić information content (AvgIpc) is 2.39. The van der Waals surface area contributed by atoms with Crippen LogP contribution in [0.15, 0.2) is 30.3 Å². The molecule has 17 heavy (non-hydrogen) atoms. The number of hydrogen-bond acceptors (Lipinski definition) is 2. The maximum Gasteiger partial charge on any atom is 0.0307 e. The molecule has 2 nitrogen and oxygen atoms in total. The van der Waals surface area contributed by atoms with E-state index >= 15 is 0 Å². The average molecular weight is 234 g/mol. The van der Waals surface area contributed by atoms with E-state index in [1.165, 1.54) is 12.0 Å². The summed E-state index contributed by atoms with van der Waals surface area (Å²) in [4.78, 5) is 2.50. The van der Waals surface area contributed by atoms with Gasteiger partial charge in [-0.05, 0) is 31.9 Å². The molecular weight excluding hydrogens is 208 g/mol. The van der Waals surface area contributed by atoms with Gasteiger partial charge in [-0.3, -0.25) is 0 Å². The molecule has 1 aromatic rings. The Kier molecular flexibility index (Phi) is 6.23. The Labute approximate surface area is 106 Å². The lowest BCUT2D eigenvalue weighted by atomic mass is 10.0. The van der Waals surface area contributed by atoms with Gasteiger partial charge in [0.25, 0.3) is 0 Å². The van der Waals surface area contributed by atoms with Gasteiger partial charge in [-0.15, -0.1) is 0 Å². The van der Waals surface area contributed by atoms with Gasteiger partial charge < -0.3 is 10.6 Å². The van der Waals surface area contributed by atoms with Gasteiger partial charge in [0.05, 0.1) is 0 Å². The molecule has 2 N–H and O–H groups in total. The molecule has 0 aliphatic heterocycles. The molecule has 0 saturated carbocycles. The van der Waals surface area contributed by atoms with Crippen molar-refractivity contribution in [2.45, 2.75) is 45.7 Å². The van der Waals surface area contributed by atoms with Gasteiger partial charge in [0.2, 0.25) is 0 Å². The molecule has 2 heteroatoms. The van der Waals surface area contributed by atoms with Crippen LogP contribution < -0.4 is 5.73 Å². The molecule has 0 heterocycles. The van der Waals surface area contributed by atoms with Crippen molar-refractivity contribution in [3.05, 3.63) is 35.9 Å². The number of hydrogen-bond donors (Lipinski definition) is 1. The quantitative estimate of drug-likeness (QED) is 0.785. The fourth-order valence-electron chi connectivity index (χ4n) is 2.12. The van der Waals surface area contributed by atoms with Crippen molar-refractivity contribution in [1.29, 1.82) is 0 Å². The minimum Gasteiger partial charge on any atom is -0.324 e. The number of benzene rings is 1. The standard InChI is InChI=1S/C15H26N2/c1-4-13(3)17(5-2)12-11-15(16)14-9-7-6-8-10-14/h6-10,13,15H,4-5,11-12,16H2,1-3H3. The topological polar surface area (TPSA) is 29.3 Å². The SMILES string of the molecule is CCC(C)N(CC)CCC(N)c1ccccc1. The van der Waals surface area contributed by atoms with E-state index in [1.54, 1.807) is 0 Å². The second kappa shape index (κ2) is 7.46. The Morgan fingerprint density at radius 3 is 2.35 bits per heavy atom. The van der Waals surface area contributed by atoms with Crippen LogP contribution in [0.3, 0.4) is 0 Å². The molecule has 0 spiro atoms. The molecule has 2 unspecified atom stereocenters. The zero-order valence-electron chi connectivity index (χ0n) is 11.4. The predicted molar refractivity (Wildman–Crippen MR) is 75.0 cm³/mol. The zero-order valence-corrected chi connectivity index (χ0v) is 11.4. The molecule has 96 valence electrons. The summed E-state index contributed by atoms with van der Waals surface area (Å²) in [6, 6.07) is 11.2. The van der Waals surface area contributed by atoms with E-state index in [0.717, 1.165) is 19.5 Å². The van der Waals surface area contributed by atoms with Crippen LogP contribution >= 0.6 is 0 Å². The summed E-state index contributed by atoms with van der Waals surface area (Å²) in [6.07, 6.45) is 2.23. The molecule has 2 atom stereocenters. The maximum atomic E-state index is 6.21. The highest BCUT2D eigenvalue weighted by atomic mass is 15.1. The molecule has 0 aliphatic carbocycles. The minimum absolute atomic E-state index is 0.161. The lowest BCUT2D eigenvalue weighted by Gasteiger charge is -2.28. The molecular formula is C15H26N2. The third-order valence-electron chi connectivity index (χ3n) is 3.58. The fourth-order valence-corrected chi connectivity index (χ4v) is 2.12. The van der Waals surface area contributed by atoms with E-state index in [1.807, 2.05) is 6.07 Å². The van der Waals surface area contributed by atoms with Crippen molar-refractivity contribution in [2.24, 2.45) is 5.73 Å². The van der Waals surface area contributed by atoms with Crippen molar-refractivity contribution >= 4 is 0 Å². The first-order valence-corrected chi connectivity index (χ1v) is 6.73. The van der Waals surface area contributed by atoms with Crippen LogP contribution in [0, 0.1) is 0 Å². The first-order valence-electron chi connectivity index (χ1n) is 6.73. The van der Waals surface area contributed by atoms with Crippen molar-refractivity contribution in [2.75, 3.05) is 13.1 Å². The Balaban J connectivity index is 2.44. The first-order chi connectivity index (χ1) is 8.19. The summed E-state index contributed by atoms with van der Waals surface area (Å²) in [5, 5.41) is 0. The van der Waals surface area contributed by atoms with Crippen molar-refractivity contribution in [3.8, 4) is 0 Å². The molecule has 0 aliphatic rings. The van der Waals surface area contributed by atoms with Gasteiger partial charge in [-0.1, -0.05) is 44.2 Å². The van der Waals surface area contributed by atoms with Gasteiger partial charge in [0, 0.05) is 18.6 Å². The fraction of sp³-hybridized carbons (Fsp3) is 0.600. The van der Waals surface area contributed by atoms with E-state index in [0.29, 0.717) is 6.04 Å². The summed E-state index contributed by atoms with van der Waals surface area (Å²) in [7, 11) is 0. The monoisotopic (exact) mass is 234 g/mol. The van der Waals surface area contributed by atoms with Crippen LogP contribution in [-0.2, 0) is 0 Å². The predicted octanol–water partition coefficient (Wildman–Crippen LogP) is 3.20. The van der Waals surface area contributed by atoms with Gasteiger partial charge >= 0.3 is 0 Å². The Hall–Kier alpha value is -0.860. The minimum atomic E-state index is 0.161. The second-order valence-electron chi connectivity index (χ2n) is 4.69. The number of nitrogens with zero attached hydrogens (tertiary/aromatic N) is 1. The van der Waals surface area contributed by atoms with E-state index in [2.05, 4.69) is 49.9 Å². The summed E-state index contributed by atoms with van der Waals surface area (Å²) >= 11 is 0. The van der Waals surface area contributed by atoms with Crippen LogP contribution in [0.5, 0.6) is 0 Å². The van der Waals surface area contributed by atoms with Crippen LogP contribution in [-0.4, -0.2) is 24.0 Å². The van der Waals surface area contributed by atoms with Gasteiger partial charge in [0.1, 0.15) is 0 Å². The molecule has 0 radical (unpaired) electrons. The molecule has 0 fully saturated rings. The van der Waals surface area contributed by atoms with Gasteiger partial charge in [-0.25, -0.2) is 0 Å². The summed E-state index contributed by atoms with van der Waals surface area (Å²) in [6.45, 7) is 8.94. The highest BCUT2D eigenvalue weighted by Gasteiger charge is 2.12. The Bertz CT molecular complexity index is 297. The van der Waals surface area contributed by atoms with Crippen LogP contribution in [0.4, 0.5) is 0 Å². The lowest BCUT2D eigenvalue weighted by Crippen LogP contribution is -2.34. The summed E-state index contributed by atoms with van der Waals surface area (Å²) < 4.78 is 0. The molecule has 0 bridgehead atoms. The normalized spacial score (nSPS) is 14.9. The van der Waals surface area contributed by atoms with Crippen molar-refractivity contribution in [3.63, 3.8) is 0 Å². The first kappa shape index (κ1) is 14.2. The maximum absolute atomic E-state index is 6.21. The number of nitrogens with two attached hydrogens (primary N) is 1. The highest BCUT2D eigenvalue weighted by Crippen LogP contribution is 2.15. The molecule has 1 rings (SSSR count). The van der Waals surface area contributed by atoms with Gasteiger partial charge in [-0.2, -0.15) is 0 Å². The molecule has 0 amide bonds. The van der Waals surface area contributed by atoms with Crippen molar-refractivity contribution in [1.82, 2.24) is 4.90 Å². The van der Waals surface area contributed by atoms with Crippen LogP contribution in [0.1, 0.15) is 45.2 Å².